The summed E-state index contributed by atoms with van der Waals surface area (Å²) in [5, 5.41) is 2.84. The van der Waals surface area contributed by atoms with Gasteiger partial charge in [-0.1, -0.05) is 6.07 Å². The van der Waals surface area contributed by atoms with E-state index in [9.17, 15) is 9.59 Å². The summed E-state index contributed by atoms with van der Waals surface area (Å²) >= 11 is 0. The van der Waals surface area contributed by atoms with Crippen LogP contribution in [0, 0.1) is 13.8 Å². The number of furan rings is 2. The minimum atomic E-state index is -0.373. The molecule has 1 aromatic carbocycles. The van der Waals surface area contributed by atoms with Crippen molar-refractivity contribution >= 4 is 17.5 Å². The maximum Gasteiger partial charge on any atom is 0.290 e. The van der Waals surface area contributed by atoms with Gasteiger partial charge in [-0.2, -0.15) is 0 Å². The van der Waals surface area contributed by atoms with Gasteiger partial charge in [-0.25, -0.2) is 0 Å². The lowest BCUT2D eigenvalue weighted by atomic mass is 10.1. The van der Waals surface area contributed by atoms with Crippen LogP contribution in [0.5, 0.6) is 0 Å². The van der Waals surface area contributed by atoms with Crippen molar-refractivity contribution in [3.8, 4) is 0 Å². The summed E-state index contributed by atoms with van der Waals surface area (Å²) in [6.07, 6.45) is 2.95. The lowest BCUT2D eigenvalue weighted by Gasteiger charge is -2.20. The van der Waals surface area contributed by atoms with Crippen LogP contribution in [0.4, 0.5) is 5.69 Å². The fourth-order valence-electron chi connectivity index (χ4n) is 2.77. The largest absolute Gasteiger partial charge is 0.467 e. The van der Waals surface area contributed by atoms with E-state index in [1.807, 2.05) is 32.0 Å². The number of amides is 2. The second-order valence-corrected chi connectivity index (χ2v) is 6.14. The summed E-state index contributed by atoms with van der Waals surface area (Å²) in [7, 11) is 0. The van der Waals surface area contributed by atoms with E-state index in [1.54, 1.807) is 24.3 Å². The van der Waals surface area contributed by atoms with Crippen molar-refractivity contribution in [1.29, 1.82) is 0 Å². The van der Waals surface area contributed by atoms with Crippen LogP contribution in [-0.4, -0.2) is 23.3 Å². The predicted molar refractivity (Wildman–Crippen MR) is 96.7 cm³/mol. The number of anilines is 1. The smallest absolute Gasteiger partial charge is 0.290 e. The summed E-state index contributed by atoms with van der Waals surface area (Å²) < 4.78 is 10.5. The van der Waals surface area contributed by atoms with Gasteiger partial charge in [0.1, 0.15) is 12.3 Å². The summed E-state index contributed by atoms with van der Waals surface area (Å²) in [4.78, 5) is 26.5. The molecule has 0 radical (unpaired) electrons. The van der Waals surface area contributed by atoms with Gasteiger partial charge in [-0.05, 0) is 61.4 Å². The molecule has 1 N–H and O–H groups in total. The van der Waals surface area contributed by atoms with Crippen LogP contribution in [-0.2, 0) is 11.3 Å². The SMILES string of the molecule is Cc1cc(C)cc(NC(=O)CN(Cc2ccco2)C(=O)c2ccco2)c1. The number of aryl methyl sites for hydroxylation is 2. The molecule has 0 saturated carbocycles. The molecule has 3 rings (SSSR count). The zero-order valence-electron chi connectivity index (χ0n) is 14.7. The number of hydrogen-bond acceptors (Lipinski definition) is 4. The van der Waals surface area contributed by atoms with Crippen molar-refractivity contribution in [1.82, 2.24) is 4.90 Å². The highest BCUT2D eigenvalue weighted by molar-refractivity contribution is 5.98. The van der Waals surface area contributed by atoms with Crippen LogP contribution in [0.1, 0.15) is 27.4 Å². The topological polar surface area (TPSA) is 75.7 Å². The molecule has 6 nitrogen and oxygen atoms in total. The fraction of sp³-hybridized carbons (Fsp3) is 0.200. The second kappa shape index (κ2) is 7.74. The highest BCUT2D eigenvalue weighted by Gasteiger charge is 2.22. The lowest BCUT2D eigenvalue weighted by Crippen LogP contribution is -2.37. The molecular formula is C20H20N2O4. The van der Waals surface area contributed by atoms with Crippen molar-refractivity contribution in [2.24, 2.45) is 0 Å². The van der Waals surface area contributed by atoms with Gasteiger partial charge in [0.15, 0.2) is 5.76 Å². The Morgan fingerprint density at radius 2 is 1.69 bits per heavy atom. The van der Waals surface area contributed by atoms with Crippen LogP contribution in [0.15, 0.2) is 63.8 Å². The molecular weight excluding hydrogens is 332 g/mol. The van der Waals surface area contributed by atoms with Crippen molar-refractivity contribution in [2.45, 2.75) is 20.4 Å². The Morgan fingerprint density at radius 3 is 2.31 bits per heavy atom. The Labute approximate surface area is 151 Å². The fourth-order valence-corrected chi connectivity index (χ4v) is 2.77. The molecule has 2 amide bonds. The molecule has 0 saturated heterocycles. The van der Waals surface area contributed by atoms with Gasteiger partial charge >= 0.3 is 0 Å². The number of hydrogen-bond donors (Lipinski definition) is 1. The first-order valence-corrected chi connectivity index (χ1v) is 8.24. The molecule has 0 atom stereocenters. The van der Waals surface area contributed by atoms with Gasteiger partial charge in [0.2, 0.25) is 5.91 Å². The van der Waals surface area contributed by atoms with Crippen molar-refractivity contribution in [3.63, 3.8) is 0 Å². The number of nitrogens with one attached hydrogen (secondary N) is 1. The summed E-state index contributed by atoms with van der Waals surface area (Å²) in [6, 6.07) is 12.5. The van der Waals surface area contributed by atoms with Gasteiger partial charge in [-0.15, -0.1) is 0 Å². The molecule has 0 aliphatic heterocycles. The van der Waals surface area contributed by atoms with E-state index >= 15 is 0 Å². The highest BCUT2D eigenvalue weighted by Crippen LogP contribution is 2.15. The number of carbonyl (C=O) groups excluding carboxylic acids is 2. The van der Waals surface area contributed by atoms with Gasteiger partial charge in [-0.3, -0.25) is 9.59 Å². The van der Waals surface area contributed by atoms with Crippen LogP contribution in [0.25, 0.3) is 0 Å². The molecule has 0 bridgehead atoms. The molecule has 0 spiro atoms. The van der Waals surface area contributed by atoms with Gasteiger partial charge in [0, 0.05) is 5.69 Å². The normalized spacial score (nSPS) is 10.5. The van der Waals surface area contributed by atoms with Crippen molar-refractivity contribution in [2.75, 3.05) is 11.9 Å². The standard InChI is InChI=1S/C20H20N2O4/c1-14-9-15(2)11-16(10-14)21-19(23)13-22(12-17-5-3-7-25-17)20(24)18-6-4-8-26-18/h3-11H,12-13H2,1-2H3,(H,21,23). The third-order valence-electron chi connectivity index (χ3n) is 3.79. The summed E-state index contributed by atoms with van der Waals surface area (Å²) in [6.45, 7) is 3.98. The van der Waals surface area contributed by atoms with Crippen LogP contribution < -0.4 is 5.32 Å². The van der Waals surface area contributed by atoms with Crippen LogP contribution in [0.3, 0.4) is 0 Å². The number of carbonyl (C=O) groups is 2. The van der Waals surface area contributed by atoms with Crippen LogP contribution in [0.2, 0.25) is 0 Å². The zero-order chi connectivity index (χ0) is 18.5. The lowest BCUT2D eigenvalue weighted by molar-refractivity contribution is -0.117. The van der Waals surface area contributed by atoms with Gasteiger partial charge in [0.05, 0.1) is 19.1 Å². The minimum absolute atomic E-state index is 0.118. The molecule has 26 heavy (non-hydrogen) atoms. The van der Waals surface area contributed by atoms with Gasteiger partial charge < -0.3 is 19.1 Å². The van der Waals surface area contributed by atoms with E-state index in [1.165, 1.54) is 17.4 Å². The Hall–Kier alpha value is -3.28. The van der Waals surface area contributed by atoms with Crippen molar-refractivity contribution < 1.29 is 18.4 Å². The Morgan fingerprint density at radius 1 is 1.00 bits per heavy atom. The molecule has 0 aliphatic carbocycles. The molecule has 2 heterocycles. The average Bonchev–Trinajstić information content (AvgIpc) is 3.26. The first kappa shape index (κ1) is 17.5. The Kier molecular flexibility index (Phi) is 5.22. The zero-order valence-corrected chi connectivity index (χ0v) is 14.7. The van der Waals surface area contributed by atoms with E-state index < -0.39 is 0 Å². The first-order chi connectivity index (χ1) is 12.5. The van der Waals surface area contributed by atoms with Crippen LogP contribution >= 0.6 is 0 Å². The third kappa shape index (κ3) is 4.42. The predicted octanol–water partition coefficient (Wildman–Crippen LogP) is 3.77. The number of rotatable bonds is 6. The molecule has 6 heteroatoms. The van der Waals surface area contributed by atoms with E-state index in [0.717, 1.165) is 11.1 Å². The molecule has 0 fully saturated rings. The maximum atomic E-state index is 12.6. The van der Waals surface area contributed by atoms with Crippen molar-refractivity contribution in [3.05, 3.63) is 77.6 Å². The minimum Gasteiger partial charge on any atom is -0.467 e. The third-order valence-corrected chi connectivity index (χ3v) is 3.79. The molecule has 2 aromatic heterocycles. The second-order valence-electron chi connectivity index (χ2n) is 6.14. The Balaban J connectivity index is 1.73. The monoisotopic (exact) mass is 352 g/mol. The summed E-state index contributed by atoms with van der Waals surface area (Å²) in [5.74, 6) is 0.100. The van der Waals surface area contributed by atoms with E-state index in [0.29, 0.717) is 11.4 Å². The summed E-state index contributed by atoms with van der Waals surface area (Å²) in [5.41, 5.74) is 2.81. The van der Waals surface area contributed by atoms with Gasteiger partial charge in [0.25, 0.3) is 5.91 Å². The van der Waals surface area contributed by atoms with E-state index in [4.69, 9.17) is 8.83 Å². The maximum absolute atomic E-state index is 12.6. The molecule has 134 valence electrons. The molecule has 3 aromatic rings. The Bertz CT molecular complexity index is 862. The number of benzene rings is 1. The molecule has 0 unspecified atom stereocenters. The van der Waals surface area contributed by atoms with E-state index in [-0.39, 0.29) is 30.7 Å². The first-order valence-electron chi connectivity index (χ1n) is 8.24. The average molecular weight is 352 g/mol. The molecule has 0 aliphatic rings. The highest BCUT2D eigenvalue weighted by atomic mass is 16.3. The van der Waals surface area contributed by atoms with E-state index in [2.05, 4.69) is 5.32 Å². The quantitative estimate of drug-likeness (QED) is 0.733. The number of nitrogens with zero attached hydrogens (tertiary/aromatic N) is 1.